The number of ether oxygens (including phenoxy) is 3. The summed E-state index contributed by atoms with van der Waals surface area (Å²) in [7, 11) is 0. The van der Waals surface area contributed by atoms with E-state index in [9.17, 15) is 19.7 Å². The van der Waals surface area contributed by atoms with E-state index in [4.69, 9.17) is 14.2 Å². The van der Waals surface area contributed by atoms with Gasteiger partial charge >= 0.3 is 5.97 Å². The zero-order valence-corrected chi connectivity index (χ0v) is 15.5. The number of hydrogen-bond donors (Lipinski definition) is 0. The van der Waals surface area contributed by atoms with Gasteiger partial charge in [-0.2, -0.15) is 0 Å². The van der Waals surface area contributed by atoms with E-state index in [0.717, 1.165) is 18.1 Å². The number of ketones is 1. The summed E-state index contributed by atoms with van der Waals surface area (Å²) in [5, 5.41) is 11.3. The van der Waals surface area contributed by atoms with Gasteiger partial charge in [-0.15, -0.1) is 0 Å². The van der Waals surface area contributed by atoms with Crippen LogP contribution in [0.1, 0.15) is 40.1 Å². The van der Waals surface area contributed by atoms with Crippen molar-refractivity contribution in [3.8, 4) is 11.5 Å². The standard InChI is InChI=1S/C20H19NO7/c1-3-13-4-6-14(7-5-13)19(22)12(2)28-20(23)15-10-17-18(27-9-8-26-17)11-16(15)21(24)25/h4-7,10-12H,3,8-9H2,1-2H3/t12-/m0/s1. The molecule has 28 heavy (non-hydrogen) atoms. The maximum Gasteiger partial charge on any atom is 0.346 e. The third-order valence-electron chi connectivity index (χ3n) is 4.38. The van der Waals surface area contributed by atoms with Crippen LogP contribution in [0.4, 0.5) is 5.69 Å². The number of rotatable bonds is 6. The van der Waals surface area contributed by atoms with Gasteiger partial charge in [-0.25, -0.2) is 4.79 Å². The topological polar surface area (TPSA) is 105 Å². The van der Waals surface area contributed by atoms with Crippen LogP contribution in [0, 0.1) is 10.1 Å². The Kier molecular flexibility index (Phi) is 5.58. The molecule has 0 fully saturated rings. The fraction of sp³-hybridized carbons (Fsp3) is 0.300. The Bertz CT molecular complexity index is 921. The summed E-state index contributed by atoms with van der Waals surface area (Å²) >= 11 is 0. The van der Waals surface area contributed by atoms with E-state index in [1.165, 1.54) is 13.0 Å². The molecule has 0 saturated carbocycles. The normalized spacial score (nSPS) is 13.5. The number of hydrogen-bond acceptors (Lipinski definition) is 7. The van der Waals surface area contributed by atoms with Crippen molar-refractivity contribution < 1.29 is 28.7 Å². The molecule has 0 radical (unpaired) electrons. The lowest BCUT2D eigenvalue weighted by Gasteiger charge is -2.19. The molecule has 8 heteroatoms. The van der Waals surface area contributed by atoms with Gasteiger partial charge in [-0.1, -0.05) is 31.2 Å². The first kappa shape index (κ1) is 19.3. The van der Waals surface area contributed by atoms with Crippen LogP contribution in [0.15, 0.2) is 36.4 Å². The summed E-state index contributed by atoms with van der Waals surface area (Å²) in [5.74, 6) is -0.960. The number of carbonyl (C=O) groups is 2. The molecule has 0 amide bonds. The second kappa shape index (κ2) is 8.08. The highest BCUT2D eigenvalue weighted by Crippen LogP contribution is 2.37. The lowest BCUT2D eigenvalue weighted by atomic mass is 10.0. The van der Waals surface area contributed by atoms with Gasteiger partial charge in [0.25, 0.3) is 5.69 Å². The lowest BCUT2D eigenvalue weighted by Crippen LogP contribution is -2.25. The summed E-state index contributed by atoms with van der Waals surface area (Å²) in [4.78, 5) is 35.7. The number of aryl methyl sites for hydroxylation is 1. The van der Waals surface area contributed by atoms with Gasteiger partial charge in [-0.05, 0) is 18.9 Å². The predicted octanol–water partition coefficient (Wildman–Crippen LogP) is 3.36. The van der Waals surface area contributed by atoms with Gasteiger partial charge in [0.1, 0.15) is 18.8 Å². The average molecular weight is 385 g/mol. The Morgan fingerprint density at radius 1 is 1.14 bits per heavy atom. The van der Waals surface area contributed by atoms with Crippen LogP contribution in [0.25, 0.3) is 0 Å². The Morgan fingerprint density at radius 2 is 1.75 bits per heavy atom. The second-order valence-electron chi connectivity index (χ2n) is 6.23. The Morgan fingerprint density at radius 3 is 2.32 bits per heavy atom. The summed E-state index contributed by atoms with van der Waals surface area (Å²) < 4.78 is 15.9. The largest absolute Gasteiger partial charge is 0.486 e. The number of benzene rings is 2. The molecule has 8 nitrogen and oxygen atoms in total. The molecule has 0 saturated heterocycles. The van der Waals surface area contributed by atoms with Gasteiger partial charge < -0.3 is 14.2 Å². The molecule has 146 valence electrons. The Labute approximate surface area is 161 Å². The van der Waals surface area contributed by atoms with E-state index in [1.54, 1.807) is 12.1 Å². The number of esters is 1. The van der Waals surface area contributed by atoms with Gasteiger partial charge in [0.2, 0.25) is 5.78 Å². The highest BCUT2D eigenvalue weighted by molar-refractivity contribution is 6.02. The van der Waals surface area contributed by atoms with E-state index in [0.29, 0.717) is 5.56 Å². The molecule has 1 atom stereocenters. The van der Waals surface area contributed by atoms with E-state index in [2.05, 4.69) is 0 Å². The van der Waals surface area contributed by atoms with Crippen molar-refractivity contribution in [2.24, 2.45) is 0 Å². The highest BCUT2D eigenvalue weighted by Gasteiger charge is 2.29. The smallest absolute Gasteiger partial charge is 0.346 e. The molecule has 0 spiro atoms. The van der Waals surface area contributed by atoms with Crippen molar-refractivity contribution in [2.75, 3.05) is 13.2 Å². The first-order valence-corrected chi connectivity index (χ1v) is 8.83. The zero-order valence-electron chi connectivity index (χ0n) is 15.5. The van der Waals surface area contributed by atoms with E-state index >= 15 is 0 Å². The van der Waals surface area contributed by atoms with Crippen molar-refractivity contribution in [3.05, 3.63) is 63.2 Å². The SMILES string of the molecule is CCc1ccc(C(=O)[C@H](C)OC(=O)c2cc3c(cc2[N+](=O)[O-])OCCO3)cc1. The summed E-state index contributed by atoms with van der Waals surface area (Å²) in [5.41, 5.74) is 0.707. The minimum absolute atomic E-state index is 0.189. The third kappa shape index (κ3) is 3.95. The highest BCUT2D eigenvalue weighted by atomic mass is 16.6. The predicted molar refractivity (Wildman–Crippen MR) is 99.1 cm³/mol. The molecule has 0 N–H and O–H groups in total. The van der Waals surface area contributed by atoms with Gasteiger partial charge in [0.15, 0.2) is 17.6 Å². The van der Waals surface area contributed by atoms with Gasteiger partial charge in [-0.3, -0.25) is 14.9 Å². The Balaban J connectivity index is 1.81. The zero-order chi connectivity index (χ0) is 20.3. The molecule has 3 rings (SSSR count). The number of nitrogens with zero attached hydrogens (tertiary/aromatic N) is 1. The monoisotopic (exact) mass is 385 g/mol. The number of carbonyl (C=O) groups excluding carboxylic acids is 2. The van der Waals surface area contributed by atoms with Crippen molar-refractivity contribution in [2.45, 2.75) is 26.4 Å². The number of nitro benzene ring substituents is 1. The molecule has 1 aliphatic rings. The number of Topliss-reactive ketones (excluding diaryl/α,β-unsaturated/α-hetero) is 1. The Hall–Kier alpha value is -3.42. The van der Waals surface area contributed by atoms with Gasteiger partial charge in [0.05, 0.1) is 11.0 Å². The number of fused-ring (bicyclic) bond motifs is 1. The van der Waals surface area contributed by atoms with Crippen LogP contribution in [0.3, 0.4) is 0 Å². The molecule has 0 bridgehead atoms. The first-order chi connectivity index (χ1) is 13.4. The molecule has 1 aliphatic heterocycles. The molecule has 1 heterocycles. The molecule has 0 aromatic heterocycles. The van der Waals surface area contributed by atoms with E-state index in [-0.39, 0.29) is 30.3 Å². The molecule has 2 aromatic carbocycles. The second-order valence-corrected chi connectivity index (χ2v) is 6.23. The van der Waals surface area contributed by atoms with Crippen LogP contribution in [0.2, 0.25) is 0 Å². The van der Waals surface area contributed by atoms with Crippen LogP contribution in [0.5, 0.6) is 11.5 Å². The minimum atomic E-state index is -1.10. The van der Waals surface area contributed by atoms with E-state index in [1.807, 2.05) is 19.1 Å². The fourth-order valence-corrected chi connectivity index (χ4v) is 2.81. The summed E-state index contributed by atoms with van der Waals surface area (Å²) in [6.45, 7) is 3.96. The molecule has 0 unspecified atom stereocenters. The minimum Gasteiger partial charge on any atom is -0.486 e. The van der Waals surface area contributed by atoms with Crippen molar-refractivity contribution in [1.82, 2.24) is 0 Å². The maximum absolute atomic E-state index is 12.5. The molecular weight excluding hydrogens is 366 g/mol. The third-order valence-corrected chi connectivity index (χ3v) is 4.38. The van der Waals surface area contributed by atoms with Crippen molar-refractivity contribution >= 4 is 17.4 Å². The fourth-order valence-electron chi connectivity index (χ4n) is 2.81. The summed E-state index contributed by atoms with van der Waals surface area (Å²) in [6.07, 6.45) is -0.264. The molecule has 2 aromatic rings. The quantitative estimate of drug-likeness (QED) is 0.325. The lowest BCUT2D eigenvalue weighted by molar-refractivity contribution is -0.385. The van der Waals surface area contributed by atoms with E-state index < -0.39 is 28.5 Å². The molecular formula is C20H19NO7. The van der Waals surface area contributed by atoms with Crippen LogP contribution in [-0.2, 0) is 11.2 Å². The van der Waals surface area contributed by atoms with Crippen LogP contribution >= 0.6 is 0 Å². The maximum atomic E-state index is 12.5. The average Bonchev–Trinajstić information content (AvgIpc) is 2.72. The van der Waals surface area contributed by atoms with Crippen molar-refractivity contribution in [1.29, 1.82) is 0 Å². The van der Waals surface area contributed by atoms with Gasteiger partial charge in [0, 0.05) is 11.6 Å². The number of nitro groups is 1. The first-order valence-electron chi connectivity index (χ1n) is 8.83. The van der Waals surface area contributed by atoms with Crippen LogP contribution < -0.4 is 9.47 Å². The molecule has 0 aliphatic carbocycles. The van der Waals surface area contributed by atoms with Crippen molar-refractivity contribution in [3.63, 3.8) is 0 Å². The summed E-state index contributed by atoms with van der Waals surface area (Å²) in [6, 6.07) is 9.32. The van der Waals surface area contributed by atoms with Crippen LogP contribution in [-0.4, -0.2) is 36.0 Å².